The van der Waals surface area contributed by atoms with E-state index in [0.29, 0.717) is 5.02 Å². The van der Waals surface area contributed by atoms with E-state index in [-0.39, 0.29) is 0 Å². The molecule has 0 atom stereocenters. The van der Waals surface area contributed by atoms with Gasteiger partial charge in [-0.3, -0.25) is 0 Å². The van der Waals surface area contributed by atoms with Crippen LogP contribution in [0.2, 0.25) is 5.02 Å². The topological polar surface area (TPSA) is 28.2 Å². The number of rotatable bonds is 7. The molecule has 16 heavy (non-hydrogen) atoms. The average Bonchev–Trinajstić information content (AvgIpc) is 2.32. The van der Waals surface area contributed by atoms with E-state index in [4.69, 9.17) is 11.6 Å². The monoisotopic (exact) mass is 241 g/mol. The van der Waals surface area contributed by atoms with E-state index >= 15 is 0 Å². The molecular formula is C12H20ClN3. The highest BCUT2D eigenvalue weighted by atomic mass is 35.5. The van der Waals surface area contributed by atoms with Crippen LogP contribution in [0, 0.1) is 0 Å². The summed E-state index contributed by atoms with van der Waals surface area (Å²) in [4.78, 5) is 6.59. The smallest absolute Gasteiger partial charge is 0.125 e. The first-order chi connectivity index (χ1) is 7.76. The Kier molecular flexibility index (Phi) is 6.19. The lowest BCUT2D eigenvalue weighted by Crippen LogP contribution is -2.25. The molecule has 1 aromatic rings. The zero-order chi connectivity index (χ0) is 11.8. The molecule has 0 fully saturated rings. The minimum absolute atomic E-state index is 0.675. The highest BCUT2D eigenvalue weighted by Crippen LogP contribution is 2.09. The van der Waals surface area contributed by atoms with Gasteiger partial charge in [0.05, 0.1) is 5.02 Å². The van der Waals surface area contributed by atoms with Crippen LogP contribution in [-0.2, 0) is 0 Å². The molecule has 0 amide bonds. The van der Waals surface area contributed by atoms with Crippen molar-refractivity contribution in [1.82, 2.24) is 9.88 Å². The second-order valence-corrected chi connectivity index (χ2v) is 4.11. The van der Waals surface area contributed by atoms with Crippen LogP contribution in [-0.4, -0.2) is 36.1 Å². The Labute approximate surface area is 103 Å². The Bertz CT molecular complexity index is 283. The van der Waals surface area contributed by atoms with E-state index in [9.17, 15) is 0 Å². The fourth-order valence-electron chi connectivity index (χ4n) is 1.54. The predicted octanol–water partition coefficient (Wildman–Crippen LogP) is 2.88. The van der Waals surface area contributed by atoms with Crippen molar-refractivity contribution in [2.24, 2.45) is 0 Å². The quantitative estimate of drug-likeness (QED) is 0.744. The maximum atomic E-state index is 5.76. The second-order valence-electron chi connectivity index (χ2n) is 3.67. The van der Waals surface area contributed by atoms with Gasteiger partial charge in [0.15, 0.2) is 0 Å². The van der Waals surface area contributed by atoms with Crippen molar-refractivity contribution in [3.63, 3.8) is 0 Å². The maximum Gasteiger partial charge on any atom is 0.125 e. The molecule has 0 aromatic carbocycles. The summed E-state index contributed by atoms with van der Waals surface area (Å²) >= 11 is 5.76. The van der Waals surface area contributed by atoms with Gasteiger partial charge in [0, 0.05) is 12.7 Å². The van der Waals surface area contributed by atoms with Crippen LogP contribution in [0.5, 0.6) is 0 Å². The van der Waals surface area contributed by atoms with Crippen LogP contribution in [0.4, 0.5) is 5.82 Å². The Morgan fingerprint density at radius 2 is 2.06 bits per heavy atom. The van der Waals surface area contributed by atoms with Gasteiger partial charge in [0.25, 0.3) is 0 Å². The minimum atomic E-state index is 0.675. The lowest BCUT2D eigenvalue weighted by Gasteiger charge is -2.17. The zero-order valence-corrected chi connectivity index (χ0v) is 10.8. The predicted molar refractivity (Wildman–Crippen MR) is 70.1 cm³/mol. The molecule has 0 aliphatic rings. The summed E-state index contributed by atoms with van der Waals surface area (Å²) in [5.74, 6) is 0.893. The molecule has 0 unspecified atom stereocenters. The van der Waals surface area contributed by atoms with Gasteiger partial charge in [-0.1, -0.05) is 25.4 Å². The molecule has 0 spiro atoms. The first-order valence-electron chi connectivity index (χ1n) is 5.84. The van der Waals surface area contributed by atoms with Crippen molar-refractivity contribution in [2.45, 2.75) is 20.3 Å². The SMILES string of the molecule is CCN(CC)CCCNc1ccc(Cl)cn1. The summed E-state index contributed by atoms with van der Waals surface area (Å²) in [6.45, 7) is 8.71. The summed E-state index contributed by atoms with van der Waals surface area (Å²) in [5, 5.41) is 3.95. The van der Waals surface area contributed by atoms with Gasteiger partial charge in [0.1, 0.15) is 5.82 Å². The Balaban J connectivity index is 2.18. The third kappa shape index (κ3) is 4.81. The van der Waals surface area contributed by atoms with Crippen LogP contribution < -0.4 is 5.32 Å². The first kappa shape index (κ1) is 13.3. The summed E-state index contributed by atoms with van der Waals surface area (Å²) in [7, 11) is 0. The molecule has 0 bridgehead atoms. The first-order valence-corrected chi connectivity index (χ1v) is 6.21. The van der Waals surface area contributed by atoms with E-state index in [0.717, 1.165) is 38.4 Å². The molecular weight excluding hydrogens is 222 g/mol. The molecule has 90 valence electrons. The third-order valence-corrected chi connectivity index (χ3v) is 2.80. The fourth-order valence-corrected chi connectivity index (χ4v) is 1.65. The van der Waals surface area contributed by atoms with Crippen molar-refractivity contribution in [3.8, 4) is 0 Å². The molecule has 1 rings (SSSR count). The van der Waals surface area contributed by atoms with Gasteiger partial charge in [-0.25, -0.2) is 4.98 Å². The largest absolute Gasteiger partial charge is 0.370 e. The van der Waals surface area contributed by atoms with E-state index in [1.807, 2.05) is 12.1 Å². The Morgan fingerprint density at radius 3 is 2.62 bits per heavy atom. The third-order valence-electron chi connectivity index (χ3n) is 2.58. The van der Waals surface area contributed by atoms with Crippen molar-refractivity contribution < 1.29 is 0 Å². The number of nitrogens with zero attached hydrogens (tertiary/aromatic N) is 2. The Hall–Kier alpha value is -0.800. The zero-order valence-electron chi connectivity index (χ0n) is 10.0. The highest BCUT2D eigenvalue weighted by Gasteiger charge is 1.98. The number of nitrogens with one attached hydrogen (secondary N) is 1. The van der Waals surface area contributed by atoms with Crippen molar-refractivity contribution in [2.75, 3.05) is 31.5 Å². The van der Waals surface area contributed by atoms with Crippen LogP contribution in [0.3, 0.4) is 0 Å². The van der Waals surface area contributed by atoms with Gasteiger partial charge in [-0.05, 0) is 38.2 Å². The number of aromatic nitrogens is 1. The molecule has 1 N–H and O–H groups in total. The normalized spacial score (nSPS) is 10.8. The van der Waals surface area contributed by atoms with E-state index in [1.54, 1.807) is 6.20 Å². The molecule has 0 aliphatic heterocycles. The molecule has 0 saturated heterocycles. The van der Waals surface area contributed by atoms with E-state index < -0.39 is 0 Å². The molecule has 1 heterocycles. The lowest BCUT2D eigenvalue weighted by atomic mass is 10.3. The number of hydrogen-bond donors (Lipinski definition) is 1. The second kappa shape index (κ2) is 7.47. The van der Waals surface area contributed by atoms with E-state index in [2.05, 4.69) is 29.0 Å². The molecule has 0 aliphatic carbocycles. The maximum absolute atomic E-state index is 5.76. The molecule has 0 radical (unpaired) electrons. The van der Waals surface area contributed by atoms with Crippen molar-refractivity contribution in [1.29, 1.82) is 0 Å². The van der Waals surface area contributed by atoms with Crippen LogP contribution >= 0.6 is 11.6 Å². The highest BCUT2D eigenvalue weighted by molar-refractivity contribution is 6.30. The molecule has 0 saturated carbocycles. The number of anilines is 1. The summed E-state index contributed by atoms with van der Waals surface area (Å²) in [6, 6.07) is 3.75. The standard InChI is InChI=1S/C12H20ClN3/c1-3-16(4-2)9-5-8-14-12-7-6-11(13)10-15-12/h6-7,10H,3-5,8-9H2,1-2H3,(H,14,15). The summed E-state index contributed by atoms with van der Waals surface area (Å²) in [6.07, 6.45) is 2.79. The van der Waals surface area contributed by atoms with Gasteiger partial charge in [-0.2, -0.15) is 0 Å². The minimum Gasteiger partial charge on any atom is -0.370 e. The van der Waals surface area contributed by atoms with Crippen LogP contribution in [0.15, 0.2) is 18.3 Å². The Morgan fingerprint density at radius 1 is 1.31 bits per heavy atom. The average molecular weight is 242 g/mol. The molecule has 1 aromatic heterocycles. The van der Waals surface area contributed by atoms with Gasteiger partial charge >= 0.3 is 0 Å². The van der Waals surface area contributed by atoms with E-state index in [1.165, 1.54) is 0 Å². The van der Waals surface area contributed by atoms with Gasteiger partial charge in [0.2, 0.25) is 0 Å². The lowest BCUT2D eigenvalue weighted by molar-refractivity contribution is 0.303. The fraction of sp³-hybridized carbons (Fsp3) is 0.583. The van der Waals surface area contributed by atoms with Crippen molar-refractivity contribution >= 4 is 17.4 Å². The van der Waals surface area contributed by atoms with Crippen molar-refractivity contribution in [3.05, 3.63) is 23.4 Å². The van der Waals surface area contributed by atoms with Crippen LogP contribution in [0.25, 0.3) is 0 Å². The number of halogens is 1. The number of hydrogen-bond acceptors (Lipinski definition) is 3. The van der Waals surface area contributed by atoms with Gasteiger partial charge < -0.3 is 10.2 Å². The number of pyridine rings is 1. The molecule has 3 nitrogen and oxygen atoms in total. The van der Waals surface area contributed by atoms with Gasteiger partial charge in [-0.15, -0.1) is 0 Å². The summed E-state index contributed by atoms with van der Waals surface area (Å²) in [5.41, 5.74) is 0. The van der Waals surface area contributed by atoms with Crippen LogP contribution in [0.1, 0.15) is 20.3 Å². The molecule has 4 heteroatoms. The summed E-state index contributed by atoms with van der Waals surface area (Å²) < 4.78 is 0.